The Hall–Kier alpha value is -1.24. The highest BCUT2D eigenvalue weighted by molar-refractivity contribution is 5.74. The van der Waals surface area contributed by atoms with E-state index in [2.05, 4.69) is 11.4 Å². The molecule has 0 unspecified atom stereocenters. The normalized spacial score (nSPS) is 11.6. The molecule has 0 saturated carbocycles. The van der Waals surface area contributed by atoms with Crippen molar-refractivity contribution in [3.05, 3.63) is 0 Å². The first-order valence-electron chi connectivity index (χ1n) is 3.64. The molecule has 1 atom stereocenters. The molecule has 4 N–H and O–H groups in total. The first-order chi connectivity index (χ1) is 5.16. The molecule has 11 heavy (non-hydrogen) atoms. The van der Waals surface area contributed by atoms with Crippen molar-refractivity contribution in [2.24, 2.45) is 11.7 Å². The van der Waals surface area contributed by atoms with Crippen molar-refractivity contribution < 1.29 is 0 Å². The lowest BCUT2D eigenvalue weighted by atomic mass is 10.1. The van der Waals surface area contributed by atoms with Crippen molar-refractivity contribution in [1.29, 1.82) is 10.7 Å². The van der Waals surface area contributed by atoms with E-state index in [-0.39, 0.29) is 11.9 Å². The predicted octanol–water partition coefficient (Wildman–Crippen LogP) is 0.409. The van der Waals surface area contributed by atoms with E-state index >= 15 is 0 Å². The second-order valence-corrected chi connectivity index (χ2v) is 2.51. The Labute approximate surface area is 66.9 Å². The highest BCUT2D eigenvalue weighted by atomic mass is 15.0. The lowest BCUT2D eigenvalue weighted by Crippen LogP contribution is -2.31. The second kappa shape index (κ2) is 5.54. The molecule has 62 valence electrons. The van der Waals surface area contributed by atoms with Gasteiger partial charge >= 0.3 is 0 Å². The third-order valence-corrected chi connectivity index (χ3v) is 1.35. The maximum absolute atomic E-state index is 8.41. The standard InChI is InChI=1S/C7H14N4/c1-6(5-8)3-2-4-11-7(9)10/h6H,2-4H2,1H3,(H4,9,10,11)/t6-/m0/s1. The van der Waals surface area contributed by atoms with Crippen LogP contribution in [-0.2, 0) is 0 Å². The molecular formula is C7H14N4. The zero-order valence-corrected chi connectivity index (χ0v) is 6.72. The van der Waals surface area contributed by atoms with Crippen LogP contribution in [0.4, 0.5) is 0 Å². The number of nitrogens with zero attached hydrogens (tertiary/aromatic N) is 1. The van der Waals surface area contributed by atoms with Crippen molar-refractivity contribution in [1.82, 2.24) is 5.32 Å². The minimum atomic E-state index is -0.00499. The summed E-state index contributed by atoms with van der Waals surface area (Å²) in [6.07, 6.45) is 1.74. The highest BCUT2D eigenvalue weighted by Gasteiger charge is 1.97. The van der Waals surface area contributed by atoms with Gasteiger partial charge in [0.2, 0.25) is 0 Å². The van der Waals surface area contributed by atoms with Crippen LogP contribution in [0.1, 0.15) is 19.8 Å². The van der Waals surface area contributed by atoms with E-state index in [0.29, 0.717) is 6.54 Å². The number of nitrogens with two attached hydrogens (primary N) is 1. The van der Waals surface area contributed by atoms with Crippen LogP contribution in [0.25, 0.3) is 0 Å². The van der Waals surface area contributed by atoms with Crippen LogP contribution in [0.15, 0.2) is 0 Å². The maximum atomic E-state index is 8.41. The van der Waals surface area contributed by atoms with Gasteiger partial charge in [-0.05, 0) is 19.8 Å². The molecule has 0 aliphatic rings. The van der Waals surface area contributed by atoms with Crippen LogP contribution >= 0.6 is 0 Å². The Bertz CT molecular complexity index is 158. The fourth-order valence-corrected chi connectivity index (χ4v) is 0.696. The average molecular weight is 154 g/mol. The Kier molecular flexibility index (Phi) is 4.91. The molecule has 0 fully saturated rings. The fraction of sp³-hybridized carbons (Fsp3) is 0.714. The van der Waals surface area contributed by atoms with Crippen molar-refractivity contribution in [2.75, 3.05) is 6.54 Å². The summed E-state index contributed by atoms with van der Waals surface area (Å²) in [5.74, 6) is 0.0957. The van der Waals surface area contributed by atoms with Gasteiger partial charge in [0.05, 0.1) is 6.07 Å². The van der Waals surface area contributed by atoms with Crippen molar-refractivity contribution >= 4 is 5.96 Å². The molecule has 0 bridgehead atoms. The van der Waals surface area contributed by atoms with Gasteiger partial charge in [0, 0.05) is 12.5 Å². The van der Waals surface area contributed by atoms with E-state index in [0.717, 1.165) is 12.8 Å². The van der Waals surface area contributed by atoms with Gasteiger partial charge in [-0.1, -0.05) is 0 Å². The molecule has 0 aliphatic heterocycles. The Morgan fingerprint density at radius 2 is 2.45 bits per heavy atom. The third kappa shape index (κ3) is 6.65. The first kappa shape index (κ1) is 9.76. The van der Waals surface area contributed by atoms with Crippen LogP contribution in [0, 0.1) is 22.7 Å². The summed E-state index contributed by atoms with van der Waals surface area (Å²) in [6.45, 7) is 2.56. The van der Waals surface area contributed by atoms with Gasteiger partial charge in [-0.25, -0.2) is 0 Å². The molecule has 4 nitrogen and oxygen atoms in total. The Balaban J connectivity index is 3.16. The molecule has 0 rings (SSSR count). The van der Waals surface area contributed by atoms with E-state index in [1.54, 1.807) is 0 Å². The van der Waals surface area contributed by atoms with Crippen LogP contribution in [-0.4, -0.2) is 12.5 Å². The van der Waals surface area contributed by atoms with E-state index in [9.17, 15) is 0 Å². The lowest BCUT2D eigenvalue weighted by Gasteiger charge is -2.03. The van der Waals surface area contributed by atoms with Crippen molar-refractivity contribution in [2.45, 2.75) is 19.8 Å². The summed E-state index contributed by atoms with van der Waals surface area (Å²) in [5, 5.41) is 17.9. The maximum Gasteiger partial charge on any atom is 0.185 e. The van der Waals surface area contributed by atoms with Crippen LogP contribution < -0.4 is 11.1 Å². The van der Waals surface area contributed by atoms with Gasteiger partial charge in [0.25, 0.3) is 0 Å². The first-order valence-corrected chi connectivity index (χ1v) is 3.64. The molecule has 0 aromatic carbocycles. The van der Waals surface area contributed by atoms with Gasteiger partial charge < -0.3 is 11.1 Å². The number of nitriles is 1. The minimum absolute atomic E-state index is 0.00499. The molecule has 0 aromatic heterocycles. The summed E-state index contributed by atoms with van der Waals surface area (Å²) in [6, 6.07) is 2.14. The number of rotatable bonds is 4. The Morgan fingerprint density at radius 1 is 1.82 bits per heavy atom. The Morgan fingerprint density at radius 3 is 2.91 bits per heavy atom. The van der Waals surface area contributed by atoms with Crippen LogP contribution in [0.5, 0.6) is 0 Å². The van der Waals surface area contributed by atoms with Crippen molar-refractivity contribution in [3.63, 3.8) is 0 Å². The zero-order chi connectivity index (χ0) is 8.69. The summed E-state index contributed by atoms with van der Waals surface area (Å²) < 4.78 is 0. The number of hydrogen-bond donors (Lipinski definition) is 3. The second-order valence-electron chi connectivity index (χ2n) is 2.51. The van der Waals surface area contributed by atoms with E-state index in [1.165, 1.54) is 0 Å². The number of nitrogens with one attached hydrogen (secondary N) is 2. The fourth-order valence-electron chi connectivity index (χ4n) is 0.696. The molecule has 0 spiro atoms. The molecule has 0 amide bonds. The largest absolute Gasteiger partial charge is 0.370 e. The van der Waals surface area contributed by atoms with Crippen LogP contribution in [0.2, 0.25) is 0 Å². The summed E-state index contributed by atoms with van der Waals surface area (Å²) in [5.41, 5.74) is 5.05. The molecule has 0 aliphatic carbocycles. The zero-order valence-electron chi connectivity index (χ0n) is 6.72. The minimum Gasteiger partial charge on any atom is -0.370 e. The third-order valence-electron chi connectivity index (χ3n) is 1.35. The number of guanidine groups is 1. The highest BCUT2D eigenvalue weighted by Crippen LogP contribution is 2.01. The molecule has 0 saturated heterocycles. The molecule has 4 heteroatoms. The topological polar surface area (TPSA) is 85.7 Å². The quantitative estimate of drug-likeness (QED) is 0.311. The smallest absolute Gasteiger partial charge is 0.185 e. The van der Waals surface area contributed by atoms with Crippen LogP contribution in [0.3, 0.4) is 0 Å². The summed E-state index contributed by atoms with van der Waals surface area (Å²) in [4.78, 5) is 0. The average Bonchev–Trinajstić information content (AvgIpc) is 1.97. The lowest BCUT2D eigenvalue weighted by molar-refractivity contribution is 0.607. The summed E-state index contributed by atoms with van der Waals surface area (Å²) >= 11 is 0. The molecular weight excluding hydrogens is 140 g/mol. The molecule has 0 aromatic rings. The van der Waals surface area contributed by atoms with Gasteiger partial charge in [-0.3, -0.25) is 5.41 Å². The van der Waals surface area contributed by atoms with E-state index in [4.69, 9.17) is 16.4 Å². The van der Waals surface area contributed by atoms with Crippen molar-refractivity contribution in [3.8, 4) is 6.07 Å². The molecule has 0 radical (unpaired) electrons. The summed E-state index contributed by atoms with van der Waals surface area (Å²) in [7, 11) is 0. The van der Waals surface area contributed by atoms with Gasteiger partial charge in [-0.15, -0.1) is 0 Å². The van der Waals surface area contributed by atoms with E-state index in [1.807, 2.05) is 6.92 Å². The number of hydrogen-bond acceptors (Lipinski definition) is 2. The predicted molar refractivity (Wildman–Crippen MR) is 43.9 cm³/mol. The van der Waals surface area contributed by atoms with Gasteiger partial charge in [-0.2, -0.15) is 5.26 Å². The van der Waals surface area contributed by atoms with Gasteiger partial charge in [0.1, 0.15) is 0 Å². The SMILES string of the molecule is C[C@H](C#N)CCCNC(=N)N. The monoisotopic (exact) mass is 154 g/mol. The van der Waals surface area contributed by atoms with Gasteiger partial charge in [0.15, 0.2) is 5.96 Å². The van der Waals surface area contributed by atoms with E-state index < -0.39 is 0 Å². The molecule has 0 heterocycles.